The van der Waals surface area contributed by atoms with Gasteiger partial charge in [-0.15, -0.1) is 0 Å². The highest BCUT2D eigenvalue weighted by Crippen LogP contribution is 2.09. The lowest BCUT2D eigenvalue weighted by atomic mass is 10.2. The second-order valence-electron chi connectivity index (χ2n) is 4.07. The molecule has 0 atom stereocenters. The zero-order chi connectivity index (χ0) is 16.0. The van der Waals surface area contributed by atoms with Gasteiger partial charge in [0.05, 0.1) is 12.7 Å². The van der Waals surface area contributed by atoms with Gasteiger partial charge in [-0.2, -0.15) is 8.78 Å². The molecule has 7 heteroatoms. The van der Waals surface area contributed by atoms with Crippen molar-refractivity contribution in [3.05, 3.63) is 56.7 Å². The fraction of sp³-hybridized carbons (Fsp3) is 0.214. The Morgan fingerprint density at radius 1 is 1.10 bits per heavy atom. The summed E-state index contributed by atoms with van der Waals surface area (Å²) in [5.41, 5.74) is 1.82. The topological polar surface area (TPSA) is 52.1 Å². The van der Waals surface area contributed by atoms with Crippen molar-refractivity contribution in [1.82, 2.24) is 9.97 Å². The summed E-state index contributed by atoms with van der Waals surface area (Å²) in [5, 5.41) is 0. The molecule has 0 bridgehead atoms. The van der Waals surface area contributed by atoms with Crippen LogP contribution in [-0.2, 0) is 4.74 Å². The van der Waals surface area contributed by atoms with Crippen LogP contribution in [0.3, 0.4) is 0 Å². The predicted molar refractivity (Wildman–Crippen MR) is 81.9 cm³/mol. The molecule has 21 heavy (non-hydrogen) atoms. The number of esters is 1. The molecular weight excluding hydrogens is 393 g/mol. The third-order valence-corrected chi connectivity index (χ3v) is 3.64. The molecule has 2 aromatic rings. The standard InChI is InChI=1S/C8H8FNO2.C6H5FIN/c1-5-4-10-7(9)3-6(5)8(11)12-2;1-4-3-9-6(7)2-5(4)8/h3-4H,1-2H3;2-3H,1H3. The molecule has 0 radical (unpaired) electrons. The van der Waals surface area contributed by atoms with Crippen molar-refractivity contribution < 1.29 is 18.3 Å². The Bertz CT molecular complexity index is 651. The molecule has 0 aliphatic rings. The molecule has 2 rings (SSSR count). The molecule has 0 saturated carbocycles. The third-order valence-electron chi connectivity index (χ3n) is 2.48. The van der Waals surface area contributed by atoms with Crippen LogP contribution in [0.4, 0.5) is 8.78 Å². The first-order valence-electron chi connectivity index (χ1n) is 5.83. The fourth-order valence-corrected chi connectivity index (χ4v) is 1.70. The van der Waals surface area contributed by atoms with Gasteiger partial charge in [-0.3, -0.25) is 0 Å². The van der Waals surface area contributed by atoms with Crippen molar-refractivity contribution in [3.63, 3.8) is 0 Å². The van der Waals surface area contributed by atoms with Gasteiger partial charge < -0.3 is 4.74 Å². The van der Waals surface area contributed by atoms with Gasteiger partial charge >= 0.3 is 5.97 Å². The normalized spacial score (nSPS) is 9.62. The van der Waals surface area contributed by atoms with Crippen LogP contribution >= 0.6 is 22.6 Å². The van der Waals surface area contributed by atoms with Crippen LogP contribution in [-0.4, -0.2) is 23.0 Å². The first-order valence-corrected chi connectivity index (χ1v) is 6.91. The van der Waals surface area contributed by atoms with Crippen molar-refractivity contribution >= 4 is 28.6 Å². The Hall–Kier alpha value is -1.64. The highest BCUT2D eigenvalue weighted by molar-refractivity contribution is 14.1. The minimum Gasteiger partial charge on any atom is -0.465 e. The maximum atomic E-state index is 12.5. The SMILES string of the molecule is COC(=O)c1cc(F)ncc1C.Cc1cnc(F)cc1I. The number of carbonyl (C=O) groups excluding carboxylic acids is 1. The number of aryl methyl sites for hydroxylation is 2. The summed E-state index contributed by atoms with van der Waals surface area (Å²) in [4.78, 5) is 17.8. The Morgan fingerprint density at radius 2 is 1.62 bits per heavy atom. The maximum absolute atomic E-state index is 12.5. The van der Waals surface area contributed by atoms with Gasteiger partial charge in [-0.25, -0.2) is 14.8 Å². The van der Waals surface area contributed by atoms with Crippen molar-refractivity contribution in [2.75, 3.05) is 7.11 Å². The molecule has 2 aromatic heterocycles. The quantitative estimate of drug-likeness (QED) is 0.414. The Kier molecular flexibility index (Phi) is 6.60. The summed E-state index contributed by atoms with van der Waals surface area (Å²) >= 11 is 2.07. The summed E-state index contributed by atoms with van der Waals surface area (Å²) in [6.07, 6.45) is 2.82. The van der Waals surface area contributed by atoms with E-state index in [9.17, 15) is 13.6 Å². The van der Waals surface area contributed by atoms with Crippen LogP contribution in [0.5, 0.6) is 0 Å². The Labute approximate surface area is 134 Å². The number of aromatic nitrogens is 2. The largest absolute Gasteiger partial charge is 0.465 e. The summed E-state index contributed by atoms with van der Waals surface area (Å²) in [7, 11) is 1.25. The molecular formula is C14H13F2IN2O2. The van der Waals surface area contributed by atoms with Gasteiger partial charge in [-0.05, 0) is 47.6 Å². The van der Waals surface area contributed by atoms with E-state index in [2.05, 4.69) is 37.3 Å². The molecule has 112 valence electrons. The predicted octanol–water partition coefficient (Wildman–Crippen LogP) is 3.45. The first kappa shape index (κ1) is 17.4. The average molecular weight is 406 g/mol. The summed E-state index contributed by atoms with van der Waals surface area (Å²) in [6, 6.07) is 2.47. The summed E-state index contributed by atoms with van der Waals surface area (Å²) in [6.45, 7) is 3.56. The lowest BCUT2D eigenvalue weighted by molar-refractivity contribution is 0.0599. The molecule has 0 unspecified atom stereocenters. The van der Waals surface area contributed by atoms with E-state index in [0.717, 1.165) is 15.2 Å². The van der Waals surface area contributed by atoms with Crippen LogP contribution in [0.15, 0.2) is 24.5 Å². The molecule has 4 nitrogen and oxygen atoms in total. The molecule has 0 saturated heterocycles. The second kappa shape index (κ2) is 7.96. The van der Waals surface area contributed by atoms with Crippen molar-refractivity contribution in [1.29, 1.82) is 0 Å². The van der Waals surface area contributed by atoms with Crippen LogP contribution in [0.25, 0.3) is 0 Å². The Balaban J connectivity index is 0.000000219. The number of hydrogen-bond acceptors (Lipinski definition) is 4. The first-order chi connectivity index (χ1) is 9.85. The van der Waals surface area contributed by atoms with E-state index in [0.29, 0.717) is 5.56 Å². The number of halogens is 3. The lowest BCUT2D eigenvalue weighted by Crippen LogP contribution is -2.05. The van der Waals surface area contributed by atoms with Gasteiger partial charge in [0, 0.05) is 28.1 Å². The van der Waals surface area contributed by atoms with E-state index >= 15 is 0 Å². The lowest BCUT2D eigenvalue weighted by Gasteiger charge is -2.01. The van der Waals surface area contributed by atoms with Crippen LogP contribution in [0.1, 0.15) is 21.5 Å². The van der Waals surface area contributed by atoms with Gasteiger partial charge in [0.1, 0.15) is 0 Å². The number of methoxy groups -OCH3 is 1. The van der Waals surface area contributed by atoms with Gasteiger partial charge in [0.15, 0.2) is 0 Å². The third kappa shape index (κ3) is 5.33. The average Bonchev–Trinajstić information content (AvgIpc) is 2.45. The number of pyridine rings is 2. The molecule has 0 fully saturated rings. The Morgan fingerprint density at radius 3 is 2.10 bits per heavy atom. The maximum Gasteiger partial charge on any atom is 0.338 e. The number of nitrogens with zero attached hydrogens (tertiary/aromatic N) is 2. The fourth-order valence-electron chi connectivity index (χ4n) is 1.30. The van der Waals surface area contributed by atoms with Crippen molar-refractivity contribution in [3.8, 4) is 0 Å². The number of hydrogen-bond donors (Lipinski definition) is 0. The zero-order valence-electron chi connectivity index (χ0n) is 11.7. The monoisotopic (exact) mass is 406 g/mol. The van der Waals surface area contributed by atoms with Crippen LogP contribution in [0, 0.1) is 29.3 Å². The second-order valence-corrected chi connectivity index (χ2v) is 5.23. The van der Waals surface area contributed by atoms with Gasteiger partial charge in [0.2, 0.25) is 11.9 Å². The zero-order valence-corrected chi connectivity index (χ0v) is 13.8. The van der Waals surface area contributed by atoms with Crippen LogP contribution < -0.4 is 0 Å². The molecule has 0 N–H and O–H groups in total. The van der Waals surface area contributed by atoms with E-state index in [1.165, 1.54) is 25.6 Å². The molecule has 0 amide bonds. The van der Waals surface area contributed by atoms with E-state index in [1.807, 2.05) is 6.92 Å². The van der Waals surface area contributed by atoms with Gasteiger partial charge in [-0.1, -0.05) is 0 Å². The van der Waals surface area contributed by atoms with E-state index in [1.54, 1.807) is 6.92 Å². The van der Waals surface area contributed by atoms with Crippen molar-refractivity contribution in [2.24, 2.45) is 0 Å². The summed E-state index contributed by atoms with van der Waals surface area (Å²) in [5.74, 6) is -1.64. The molecule has 0 spiro atoms. The van der Waals surface area contributed by atoms with Crippen LogP contribution in [0.2, 0.25) is 0 Å². The minimum absolute atomic E-state index is 0.213. The van der Waals surface area contributed by atoms with Crippen molar-refractivity contribution in [2.45, 2.75) is 13.8 Å². The minimum atomic E-state index is -0.680. The van der Waals surface area contributed by atoms with E-state index in [4.69, 9.17) is 0 Å². The molecule has 0 aliphatic carbocycles. The molecule has 2 heterocycles. The highest BCUT2D eigenvalue weighted by atomic mass is 127. The number of rotatable bonds is 1. The molecule has 0 aliphatic heterocycles. The smallest absolute Gasteiger partial charge is 0.338 e. The highest BCUT2D eigenvalue weighted by Gasteiger charge is 2.09. The molecule has 0 aromatic carbocycles. The summed E-state index contributed by atoms with van der Waals surface area (Å²) < 4.78 is 30.1. The van der Waals surface area contributed by atoms with E-state index in [-0.39, 0.29) is 5.56 Å². The van der Waals surface area contributed by atoms with E-state index < -0.39 is 17.9 Å². The van der Waals surface area contributed by atoms with Gasteiger partial charge in [0.25, 0.3) is 0 Å². The number of carbonyl (C=O) groups is 1. The number of ether oxygens (including phenoxy) is 1.